The van der Waals surface area contributed by atoms with Crippen LogP contribution in [0.25, 0.3) is 0 Å². The summed E-state index contributed by atoms with van der Waals surface area (Å²) in [6.45, 7) is 13.4. The molecule has 0 fully saturated rings. The predicted octanol–water partition coefficient (Wildman–Crippen LogP) is 4.61. The number of amides is 2. The Kier molecular flexibility index (Phi) is 9.71. The summed E-state index contributed by atoms with van der Waals surface area (Å²) < 4.78 is 26.6. The normalized spacial score (nSPS) is 12.8. The second-order valence-electron chi connectivity index (χ2n) is 10.6. The minimum absolute atomic E-state index is 0.200. The number of nitrogens with one attached hydrogen (secondary N) is 1. The molecule has 0 spiro atoms. The number of carbonyl (C=O) groups is 2. The summed E-state index contributed by atoms with van der Waals surface area (Å²) in [5.41, 5.74) is 2.91. The molecule has 0 radical (unpaired) electrons. The number of sulfonamides is 1. The van der Waals surface area contributed by atoms with Gasteiger partial charge >= 0.3 is 0 Å². The maximum atomic E-state index is 13.8. The standard InChI is InChI=1S/C28H41N3O4S/c1-9-25(27(33)29-28(5,6)7)30(18-23-13-11-10-12-21(23)4)26(32)19-31(36(8,34)35)24-16-14-22(15-17-24)20(2)3/h10-17,20,25H,9,18-19H2,1-8H3,(H,29,33)/t25-/m0/s1. The Bertz CT molecular complexity index is 1150. The van der Waals surface area contributed by atoms with Crippen LogP contribution in [0.3, 0.4) is 0 Å². The summed E-state index contributed by atoms with van der Waals surface area (Å²) in [6, 6.07) is 14.1. The summed E-state index contributed by atoms with van der Waals surface area (Å²) in [6.07, 6.45) is 1.48. The van der Waals surface area contributed by atoms with Crippen LogP contribution in [0.5, 0.6) is 0 Å². The average molecular weight is 516 g/mol. The van der Waals surface area contributed by atoms with Crippen molar-refractivity contribution in [1.82, 2.24) is 10.2 Å². The first-order valence-corrected chi connectivity index (χ1v) is 14.2. The number of carbonyl (C=O) groups excluding carboxylic acids is 2. The fourth-order valence-corrected chi connectivity index (χ4v) is 4.83. The largest absolute Gasteiger partial charge is 0.350 e. The van der Waals surface area contributed by atoms with Gasteiger partial charge < -0.3 is 10.2 Å². The molecule has 0 heterocycles. The third-order valence-electron chi connectivity index (χ3n) is 6.01. The van der Waals surface area contributed by atoms with Gasteiger partial charge in [-0.3, -0.25) is 13.9 Å². The number of hydrogen-bond donors (Lipinski definition) is 1. The number of anilines is 1. The maximum absolute atomic E-state index is 13.8. The van der Waals surface area contributed by atoms with Gasteiger partial charge in [-0.05, 0) is 68.9 Å². The van der Waals surface area contributed by atoms with Crippen LogP contribution in [0.1, 0.15) is 70.6 Å². The van der Waals surface area contributed by atoms with E-state index < -0.39 is 34.1 Å². The molecule has 0 aromatic heterocycles. The molecule has 2 aromatic carbocycles. The first-order valence-electron chi connectivity index (χ1n) is 12.4. The Hall–Kier alpha value is -2.87. The fourth-order valence-electron chi connectivity index (χ4n) is 3.98. The highest BCUT2D eigenvalue weighted by atomic mass is 32.2. The molecule has 0 aliphatic heterocycles. The van der Waals surface area contributed by atoms with Crippen LogP contribution in [0, 0.1) is 6.92 Å². The number of aryl methyl sites for hydroxylation is 1. The average Bonchev–Trinajstić information content (AvgIpc) is 2.76. The van der Waals surface area contributed by atoms with Gasteiger partial charge in [0.15, 0.2) is 0 Å². The Morgan fingerprint density at radius 1 is 1.00 bits per heavy atom. The van der Waals surface area contributed by atoms with Crippen LogP contribution in [-0.4, -0.2) is 49.5 Å². The van der Waals surface area contributed by atoms with E-state index in [4.69, 9.17) is 0 Å². The minimum atomic E-state index is -3.76. The Labute approximate surface area is 216 Å². The molecule has 2 rings (SSSR count). The zero-order valence-corrected chi connectivity index (χ0v) is 23.6. The molecular weight excluding hydrogens is 474 g/mol. The van der Waals surface area contributed by atoms with Gasteiger partial charge in [0.1, 0.15) is 12.6 Å². The van der Waals surface area contributed by atoms with Gasteiger partial charge in [0.05, 0.1) is 11.9 Å². The first-order chi connectivity index (χ1) is 16.6. The highest BCUT2D eigenvalue weighted by Crippen LogP contribution is 2.23. The zero-order chi connectivity index (χ0) is 27.3. The maximum Gasteiger partial charge on any atom is 0.244 e. The SMILES string of the molecule is CC[C@@H](C(=O)NC(C)(C)C)N(Cc1ccccc1C)C(=O)CN(c1ccc(C(C)C)cc1)S(C)(=O)=O. The van der Waals surface area contributed by atoms with E-state index >= 15 is 0 Å². The van der Waals surface area contributed by atoms with Crippen LogP contribution in [0.2, 0.25) is 0 Å². The molecule has 0 saturated carbocycles. The fraction of sp³-hybridized carbons (Fsp3) is 0.500. The van der Waals surface area contributed by atoms with Gasteiger partial charge in [-0.15, -0.1) is 0 Å². The van der Waals surface area contributed by atoms with Gasteiger partial charge in [0.25, 0.3) is 0 Å². The molecule has 7 nitrogen and oxygen atoms in total. The van der Waals surface area contributed by atoms with E-state index in [1.807, 2.05) is 71.0 Å². The van der Waals surface area contributed by atoms with Crippen molar-refractivity contribution in [3.63, 3.8) is 0 Å². The van der Waals surface area contributed by atoms with Crippen molar-refractivity contribution in [3.8, 4) is 0 Å². The molecule has 0 aliphatic rings. The van der Waals surface area contributed by atoms with E-state index in [0.717, 1.165) is 27.3 Å². The van der Waals surface area contributed by atoms with Crippen LogP contribution in [0.15, 0.2) is 48.5 Å². The molecule has 36 heavy (non-hydrogen) atoms. The van der Waals surface area contributed by atoms with E-state index in [2.05, 4.69) is 19.2 Å². The van der Waals surface area contributed by atoms with Crippen molar-refractivity contribution in [2.24, 2.45) is 0 Å². The number of hydrogen-bond acceptors (Lipinski definition) is 4. The van der Waals surface area contributed by atoms with Crippen molar-refractivity contribution in [3.05, 3.63) is 65.2 Å². The number of nitrogens with zero attached hydrogens (tertiary/aromatic N) is 2. The molecule has 2 amide bonds. The Morgan fingerprint density at radius 2 is 1.58 bits per heavy atom. The monoisotopic (exact) mass is 515 g/mol. The summed E-state index contributed by atoms with van der Waals surface area (Å²) in [5.74, 6) is -0.407. The van der Waals surface area contributed by atoms with Crippen molar-refractivity contribution < 1.29 is 18.0 Å². The van der Waals surface area contributed by atoms with Crippen molar-refractivity contribution in [2.75, 3.05) is 17.1 Å². The van der Waals surface area contributed by atoms with E-state index in [1.54, 1.807) is 12.1 Å². The van der Waals surface area contributed by atoms with Crippen molar-refractivity contribution in [1.29, 1.82) is 0 Å². The molecule has 0 aliphatic carbocycles. The van der Waals surface area contributed by atoms with Crippen LogP contribution in [-0.2, 0) is 26.2 Å². The third-order valence-corrected chi connectivity index (χ3v) is 7.15. The molecule has 0 saturated heterocycles. The zero-order valence-electron chi connectivity index (χ0n) is 22.8. The summed E-state index contributed by atoms with van der Waals surface area (Å²) >= 11 is 0. The molecule has 0 unspecified atom stereocenters. The van der Waals surface area contributed by atoms with Gasteiger partial charge in [0.2, 0.25) is 21.8 Å². The van der Waals surface area contributed by atoms with Crippen LogP contribution >= 0.6 is 0 Å². The smallest absolute Gasteiger partial charge is 0.244 e. The lowest BCUT2D eigenvalue weighted by Crippen LogP contribution is -2.55. The topological polar surface area (TPSA) is 86.8 Å². The number of rotatable bonds is 10. The van der Waals surface area contributed by atoms with E-state index in [1.165, 1.54) is 4.90 Å². The minimum Gasteiger partial charge on any atom is -0.350 e. The van der Waals surface area contributed by atoms with E-state index in [0.29, 0.717) is 18.0 Å². The van der Waals surface area contributed by atoms with E-state index in [-0.39, 0.29) is 12.5 Å². The third kappa shape index (κ3) is 8.08. The second kappa shape index (κ2) is 11.9. The van der Waals surface area contributed by atoms with E-state index in [9.17, 15) is 18.0 Å². The molecule has 2 aromatic rings. The summed E-state index contributed by atoms with van der Waals surface area (Å²) in [4.78, 5) is 28.5. The molecule has 1 N–H and O–H groups in total. The lowest BCUT2D eigenvalue weighted by Gasteiger charge is -2.34. The van der Waals surface area contributed by atoms with Gasteiger partial charge in [-0.1, -0.05) is 57.2 Å². The molecular formula is C28H41N3O4S. The summed E-state index contributed by atoms with van der Waals surface area (Å²) in [5, 5.41) is 2.97. The van der Waals surface area contributed by atoms with Crippen LogP contribution in [0.4, 0.5) is 5.69 Å². The highest BCUT2D eigenvalue weighted by Gasteiger charge is 2.33. The van der Waals surface area contributed by atoms with Gasteiger partial charge in [-0.2, -0.15) is 0 Å². The Balaban J connectivity index is 2.47. The summed E-state index contributed by atoms with van der Waals surface area (Å²) in [7, 11) is -3.76. The van der Waals surface area contributed by atoms with Crippen molar-refractivity contribution >= 4 is 27.5 Å². The van der Waals surface area contributed by atoms with Gasteiger partial charge in [0, 0.05) is 12.1 Å². The molecule has 0 bridgehead atoms. The van der Waals surface area contributed by atoms with Gasteiger partial charge in [-0.25, -0.2) is 8.42 Å². The molecule has 198 valence electrons. The highest BCUT2D eigenvalue weighted by molar-refractivity contribution is 7.92. The first kappa shape index (κ1) is 29.4. The second-order valence-corrected chi connectivity index (χ2v) is 12.5. The number of benzene rings is 2. The molecule has 8 heteroatoms. The lowest BCUT2D eigenvalue weighted by atomic mass is 10.0. The Morgan fingerprint density at radius 3 is 2.06 bits per heavy atom. The lowest BCUT2D eigenvalue weighted by molar-refractivity contribution is -0.141. The quantitative estimate of drug-likeness (QED) is 0.501. The van der Waals surface area contributed by atoms with Crippen molar-refractivity contribution in [2.45, 2.75) is 78.9 Å². The molecule has 1 atom stereocenters. The predicted molar refractivity (Wildman–Crippen MR) is 146 cm³/mol. The van der Waals surface area contributed by atoms with Crippen LogP contribution < -0.4 is 9.62 Å².